The number of hydrogen-bond acceptors (Lipinski definition) is 6. The van der Waals surface area contributed by atoms with Crippen LogP contribution >= 0.6 is 0 Å². The quantitative estimate of drug-likeness (QED) is 0.840. The number of rotatable bonds is 4. The van der Waals surface area contributed by atoms with E-state index in [1.165, 1.54) is 12.8 Å². The van der Waals surface area contributed by atoms with Gasteiger partial charge in [-0.25, -0.2) is 9.97 Å². The van der Waals surface area contributed by atoms with Gasteiger partial charge in [-0.1, -0.05) is 0 Å². The molecule has 3 heterocycles. The molecule has 1 atom stereocenters. The van der Waals surface area contributed by atoms with Crippen LogP contribution in [-0.4, -0.2) is 48.3 Å². The van der Waals surface area contributed by atoms with Crippen molar-refractivity contribution in [3.63, 3.8) is 0 Å². The topological polar surface area (TPSA) is 56.7 Å². The van der Waals surface area contributed by atoms with Crippen LogP contribution in [0.15, 0.2) is 30.7 Å². The fraction of sp³-hybridized carbons (Fsp3) is 0.500. The molecule has 0 radical (unpaired) electrons. The molecule has 2 aliphatic heterocycles. The summed E-state index contributed by atoms with van der Waals surface area (Å²) < 4.78 is 17.3. The molecule has 0 bridgehead atoms. The van der Waals surface area contributed by atoms with Crippen molar-refractivity contribution in [1.29, 1.82) is 0 Å². The molecule has 2 aliphatic rings. The lowest BCUT2D eigenvalue weighted by Gasteiger charge is -2.32. The van der Waals surface area contributed by atoms with Crippen molar-refractivity contribution < 1.29 is 14.2 Å². The van der Waals surface area contributed by atoms with E-state index in [0.29, 0.717) is 19.1 Å². The van der Waals surface area contributed by atoms with Crippen molar-refractivity contribution in [2.75, 3.05) is 33.4 Å². The zero-order valence-electron chi connectivity index (χ0n) is 15.2. The minimum absolute atomic E-state index is 0.457. The molecule has 0 spiro atoms. The Balaban J connectivity index is 1.52. The third kappa shape index (κ3) is 3.75. The van der Waals surface area contributed by atoms with Crippen LogP contribution in [0.5, 0.6) is 17.2 Å². The summed E-state index contributed by atoms with van der Waals surface area (Å²) in [6.07, 6.45) is 6.71. The van der Waals surface area contributed by atoms with E-state index in [9.17, 15) is 0 Å². The number of ether oxygens (including phenoxy) is 3. The normalized spacial score (nSPS) is 20.4. The van der Waals surface area contributed by atoms with E-state index in [2.05, 4.69) is 20.9 Å². The van der Waals surface area contributed by atoms with Gasteiger partial charge in [0.1, 0.15) is 12.1 Å². The van der Waals surface area contributed by atoms with Crippen LogP contribution < -0.4 is 14.2 Å². The molecule has 1 aromatic carbocycles. The second kappa shape index (κ2) is 7.91. The molecular formula is C20H25N3O3. The third-order valence-corrected chi connectivity index (χ3v) is 5.07. The summed E-state index contributed by atoms with van der Waals surface area (Å²) in [4.78, 5) is 10.9. The second-order valence-corrected chi connectivity index (χ2v) is 6.87. The molecule has 138 valence electrons. The van der Waals surface area contributed by atoms with Crippen LogP contribution in [0, 0.1) is 0 Å². The molecule has 1 fully saturated rings. The van der Waals surface area contributed by atoms with Gasteiger partial charge in [-0.05, 0) is 31.5 Å². The summed E-state index contributed by atoms with van der Waals surface area (Å²) in [6.45, 7) is 4.29. The lowest BCUT2D eigenvalue weighted by Crippen LogP contribution is -2.34. The zero-order valence-corrected chi connectivity index (χ0v) is 15.2. The van der Waals surface area contributed by atoms with Crippen LogP contribution in [0.3, 0.4) is 0 Å². The minimum Gasteiger partial charge on any atom is -0.496 e. The molecule has 26 heavy (non-hydrogen) atoms. The van der Waals surface area contributed by atoms with Crippen LogP contribution in [0.25, 0.3) is 0 Å². The largest absolute Gasteiger partial charge is 0.496 e. The molecule has 0 N–H and O–H groups in total. The van der Waals surface area contributed by atoms with E-state index in [4.69, 9.17) is 14.2 Å². The van der Waals surface area contributed by atoms with Crippen LogP contribution in [-0.2, 0) is 6.54 Å². The fourth-order valence-electron chi connectivity index (χ4n) is 3.77. The predicted molar refractivity (Wildman–Crippen MR) is 97.9 cm³/mol. The van der Waals surface area contributed by atoms with E-state index in [0.717, 1.165) is 54.6 Å². The third-order valence-electron chi connectivity index (χ3n) is 5.07. The first-order valence-corrected chi connectivity index (χ1v) is 9.28. The van der Waals surface area contributed by atoms with Gasteiger partial charge in [0, 0.05) is 48.9 Å². The van der Waals surface area contributed by atoms with Gasteiger partial charge in [-0.2, -0.15) is 0 Å². The van der Waals surface area contributed by atoms with Gasteiger partial charge < -0.3 is 14.2 Å². The maximum Gasteiger partial charge on any atom is 0.164 e. The van der Waals surface area contributed by atoms with Gasteiger partial charge in [-0.3, -0.25) is 4.90 Å². The minimum atomic E-state index is 0.457. The van der Waals surface area contributed by atoms with Gasteiger partial charge in [0.05, 0.1) is 20.3 Å². The monoisotopic (exact) mass is 355 g/mol. The number of likely N-dealkylation sites (tertiary alicyclic amines) is 1. The molecular weight excluding hydrogens is 330 g/mol. The summed E-state index contributed by atoms with van der Waals surface area (Å²) in [5, 5.41) is 0. The predicted octanol–water partition coefficient (Wildman–Crippen LogP) is 3.03. The Bertz CT molecular complexity index is 739. The van der Waals surface area contributed by atoms with Gasteiger partial charge >= 0.3 is 0 Å². The summed E-state index contributed by atoms with van der Waals surface area (Å²) >= 11 is 0. The van der Waals surface area contributed by atoms with E-state index in [-0.39, 0.29) is 0 Å². The second-order valence-electron chi connectivity index (χ2n) is 6.87. The average molecular weight is 355 g/mol. The van der Waals surface area contributed by atoms with E-state index < -0.39 is 0 Å². The van der Waals surface area contributed by atoms with Crippen molar-refractivity contribution in [2.24, 2.45) is 0 Å². The zero-order chi connectivity index (χ0) is 17.8. The molecule has 0 aliphatic carbocycles. The maximum absolute atomic E-state index is 5.85. The molecule has 1 unspecified atom stereocenters. The molecule has 0 amide bonds. The Labute approximate surface area is 154 Å². The van der Waals surface area contributed by atoms with E-state index in [1.807, 2.05) is 18.3 Å². The highest BCUT2D eigenvalue weighted by Crippen LogP contribution is 2.37. The van der Waals surface area contributed by atoms with Crippen molar-refractivity contribution in [3.8, 4) is 17.2 Å². The first-order valence-electron chi connectivity index (χ1n) is 9.28. The summed E-state index contributed by atoms with van der Waals surface area (Å²) in [6, 6.07) is 6.07. The molecule has 1 aromatic heterocycles. The number of piperidine rings is 1. The Morgan fingerprint density at radius 2 is 2.04 bits per heavy atom. The summed E-state index contributed by atoms with van der Waals surface area (Å²) in [5.41, 5.74) is 2.27. The highest BCUT2D eigenvalue weighted by atomic mass is 16.5. The molecule has 4 rings (SSSR count). The first-order chi connectivity index (χ1) is 12.8. The molecule has 2 aromatic rings. The van der Waals surface area contributed by atoms with E-state index >= 15 is 0 Å². The number of nitrogens with zero attached hydrogens (tertiary/aromatic N) is 3. The van der Waals surface area contributed by atoms with E-state index in [1.54, 1.807) is 13.4 Å². The summed E-state index contributed by atoms with van der Waals surface area (Å²) in [7, 11) is 1.71. The number of fused-ring (bicyclic) bond motifs is 1. The van der Waals surface area contributed by atoms with Gasteiger partial charge in [0.25, 0.3) is 0 Å². The fourth-order valence-corrected chi connectivity index (χ4v) is 3.77. The standard InChI is InChI=1S/C20H25N3O3/c1-24-18-11-20-19(25-8-3-9-26-20)10-16(18)13-23-7-2-4-15(12-23)17-5-6-21-14-22-17/h5-6,10-11,14-15H,2-4,7-9,12-13H2,1H3. The van der Waals surface area contributed by atoms with Crippen molar-refractivity contribution in [3.05, 3.63) is 42.0 Å². The number of hydrogen-bond donors (Lipinski definition) is 0. The van der Waals surface area contributed by atoms with Crippen molar-refractivity contribution in [2.45, 2.75) is 31.7 Å². The molecule has 1 saturated heterocycles. The van der Waals surface area contributed by atoms with Crippen molar-refractivity contribution >= 4 is 0 Å². The SMILES string of the molecule is COc1cc2c(cc1CN1CCCC(c3ccncn3)C1)OCCCO2. The lowest BCUT2D eigenvalue weighted by molar-refractivity contribution is 0.196. The van der Waals surface area contributed by atoms with Crippen molar-refractivity contribution in [1.82, 2.24) is 14.9 Å². The Morgan fingerprint density at radius 3 is 2.81 bits per heavy atom. The summed E-state index contributed by atoms with van der Waals surface area (Å²) in [5.74, 6) is 2.92. The van der Waals surface area contributed by atoms with Gasteiger partial charge in [0.2, 0.25) is 0 Å². The average Bonchev–Trinajstić information content (AvgIpc) is 2.93. The molecule has 6 nitrogen and oxygen atoms in total. The highest BCUT2D eigenvalue weighted by Gasteiger charge is 2.24. The maximum atomic E-state index is 5.85. The van der Waals surface area contributed by atoms with Crippen LogP contribution in [0.1, 0.15) is 36.4 Å². The first kappa shape index (κ1) is 17.1. The number of methoxy groups -OCH3 is 1. The highest BCUT2D eigenvalue weighted by molar-refractivity contribution is 5.51. The van der Waals surface area contributed by atoms with Crippen LogP contribution in [0.4, 0.5) is 0 Å². The molecule has 6 heteroatoms. The Morgan fingerprint density at radius 1 is 1.19 bits per heavy atom. The Hall–Kier alpha value is -2.34. The molecule has 0 saturated carbocycles. The van der Waals surface area contributed by atoms with Gasteiger partial charge in [0.15, 0.2) is 11.5 Å². The Kier molecular flexibility index (Phi) is 5.20. The number of aromatic nitrogens is 2. The lowest BCUT2D eigenvalue weighted by atomic mass is 9.94. The number of benzene rings is 1. The van der Waals surface area contributed by atoms with Crippen LogP contribution in [0.2, 0.25) is 0 Å². The van der Waals surface area contributed by atoms with Gasteiger partial charge in [-0.15, -0.1) is 0 Å². The smallest absolute Gasteiger partial charge is 0.164 e.